The number of anilines is 2. The van der Waals surface area contributed by atoms with Crippen LogP contribution in [0.15, 0.2) is 363 Å². The fourth-order valence-corrected chi connectivity index (χ4v) is 24.2. The average Bonchev–Trinajstić information content (AvgIpc) is 1.54. The molecule has 0 atom stereocenters. The normalized spacial score (nSPS) is 18.0. The number of fused-ring (bicyclic) bond motifs is 17. The van der Waals surface area contributed by atoms with E-state index >= 15 is 0 Å². The Hall–Kier alpha value is -13.4. The molecule has 0 saturated heterocycles. The molecule has 0 bridgehead atoms. The summed E-state index contributed by atoms with van der Waals surface area (Å²) in [7, 11) is 0. The van der Waals surface area contributed by atoms with Gasteiger partial charge in [0.2, 0.25) is 11.4 Å². The Morgan fingerprint density at radius 1 is 0.286 bits per heavy atom. The van der Waals surface area contributed by atoms with Gasteiger partial charge in [-0.1, -0.05) is 324 Å². The lowest BCUT2D eigenvalue weighted by atomic mass is 9.68. The first-order valence-electron chi connectivity index (χ1n) is 49.5. The van der Waals surface area contributed by atoms with Gasteiger partial charge in [0, 0.05) is 117 Å². The maximum atomic E-state index is 7.86. The van der Waals surface area contributed by atoms with E-state index in [1.54, 1.807) is 0 Å². The van der Waals surface area contributed by atoms with E-state index < -0.39 is 5.41 Å². The number of benzene rings is 14. The van der Waals surface area contributed by atoms with Crippen LogP contribution in [0.25, 0.3) is 76.5 Å². The molecule has 21 rings (SSSR count). The molecule has 0 unspecified atom stereocenters. The van der Waals surface area contributed by atoms with E-state index in [-0.39, 0.29) is 21.7 Å². The molecule has 14 aromatic rings. The molecule has 14 aromatic carbocycles. The van der Waals surface area contributed by atoms with E-state index in [9.17, 15) is 0 Å². The molecule has 0 N–H and O–H groups in total. The van der Waals surface area contributed by atoms with Crippen LogP contribution in [0.3, 0.4) is 0 Å². The van der Waals surface area contributed by atoms with E-state index in [1.165, 1.54) is 133 Å². The van der Waals surface area contributed by atoms with Crippen LogP contribution >= 0.6 is 0 Å². The van der Waals surface area contributed by atoms with Gasteiger partial charge in [-0.2, -0.15) is 9.15 Å². The van der Waals surface area contributed by atoms with E-state index in [0.717, 1.165) is 182 Å². The summed E-state index contributed by atoms with van der Waals surface area (Å²) in [6.07, 6.45) is 33.0. The Balaban J connectivity index is 0.704. The topological polar surface area (TPSA) is 31.0 Å². The zero-order valence-corrected chi connectivity index (χ0v) is 79.8. The number of allylic oxidation sites excluding steroid dienone is 14. The van der Waals surface area contributed by atoms with Gasteiger partial charge < -0.3 is 19.3 Å². The molecular weight excluding hydrogens is 1610 g/mol. The van der Waals surface area contributed by atoms with E-state index in [4.69, 9.17) is 9.47 Å². The third-order valence-electron chi connectivity index (χ3n) is 30.5. The largest absolute Gasteiger partial charge is 0.456 e. The maximum absolute atomic E-state index is 7.86. The summed E-state index contributed by atoms with van der Waals surface area (Å²) in [6, 6.07) is 109. The van der Waals surface area contributed by atoms with Crippen molar-refractivity contribution in [1.29, 1.82) is 0 Å². The minimum absolute atomic E-state index is 0.311. The second-order valence-electron chi connectivity index (χ2n) is 40.0. The highest BCUT2D eigenvalue weighted by Crippen LogP contribution is 2.60. The first-order chi connectivity index (χ1) is 64.9. The van der Waals surface area contributed by atoms with Crippen molar-refractivity contribution in [3.63, 3.8) is 0 Å². The lowest BCUT2D eigenvalue weighted by Gasteiger charge is -2.34. The molecule has 0 radical (unpaired) electrons. The predicted molar refractivity (Wildman–Crippen MR) is 562 cm³/mol. The molecule has 3 aliphatic carbocycles. The number of hydrogen-bond donors (Lipinski definition) is 0. The van der Waals surface area contributed by atoms with Gasteiger partial charge >= 0.3 is 0 Å². The number of ether oxygens (including phenoxy) is 2. The van der Waals surface area contributed by atoms with Crippen molar-refractivity contribution in [3.8, 4) is 22.6 Å². The highest BCUT2D eigenvalue weighted by atomic mass is 16.5. The molecule has 133 heavy (non-hydrogen) atoms. The van der Waals surface area contributed by atoms with Crippen LogP contribution in [-0.4, -0.2) is 46.8 Å². The maximum Gasteiger partial charge on any atom is 0.210 e. The first kappa shape index (κ1) is 86.3. The zero-order valence-electron chi connectivity index (χ0n) is 79.8. The number of rotatable bonds is 28. The minimum atomic E-state index is -0.749. The monoisotopic (exact) mass is 1740 g/mol. The van der Waals surface area contributed by atoms with Gasteiger partial charge in [0.05, 0.1) is 16.2 Å². The number of unbranched alkanes of at least 4 members (excludes halogenated alkanes) is 8. The molecule has 662 valence electrons. The third-order valence-corrected chi connectivity index (χ3v) is 30.5. The van der Waals surface area contributed by atoms with Gasteiger partial charge in [-0.15, -0.1) is 0 Å². The molecular formula is C127H124N4O2+2. The van der Waals surface area contributed by atoms with Gasteiger partial charge in [-0.05, 0) is 248 Å². The van der Waals surface area contributed by atoms with E-state index in [1.807, 2.05) is 0 Å². The van der Waals surface area contributed by atoms with Crippen molar-refractivity contribution in [2.45, 2.75) is 187 Å². The van der Waals surface area contributed by atoms with Crippen LogP contribution in [0.4, 0.5) is 22.7 Å². The number of hydrogen-bond acceptors (Lipinski definition) is 4. The minimum Gasteiger partial charge on any atom is -0.456 e. The van der Waals surface area contributed by atoms with Crippen LogP contribution in [0, 0.1) is 0 Å². The first-order valence-corrected chi connectivity index (χ1v) is 49.5. The van der Waals surface area contributed by atoms with Crippen molar-refractivity contribution in [1.82, 2.24) is 0 Å². The molecule has 0 fully saturated rings. The quantitative estimate of drug-likeness (QED) is 0.0361. The summed E-state index contributed by atoms with van der Waals surface area (Å²) in [5.74, 6) is 3.19. The highest BCUT2D eigenvalue weighted by Gasteiger charge is 2.51. The number of nitrogens with zero attached hydrogens (tertiary/aromatic N) is 4. The summed E-state index contributed by atoms with van der Waals surface area (Å²) in [4.78, 5) is 5.27. The molecule has 0 spiro atoms. The van der Waals surface area contributed by atoms with Crippen LogP contribution in [0.2, 0.25) is 0 Å². The lowest BCUT2D eigenvalue weighted by Crippen LogP contribution is -2.28. The Labute approximate surface area is 788 Å². The molecule has 0 amide bonds. The Morgan fingerprint density at radius 2 is 0.609 bits per heavy atom. The SMILES string of the molecule is CCCCCN1/C(=C/C=C2C(Oc3ccc(C4(c5ccc(OC6=C(/C=C/C7=[N+](CCCCC)c8ccc9ccccc9c8C7(C)C)c7ccccc7/C6=C\C=C6\N(CCCCC)c7ccc8ccccc8c7C6(C)C)cc5)c5ccccc5-c5ccccc54)cc3)=C(/C=C/C3=[N+](CCCCC)c4ccc5ccccc5c4C3(C)C)c3ccccc3/2)C(C)(C)c2c1ccc1ccccc21. The van der Waals surface area contributed by atoms with Crippen molar-refractivity contribution < 1.29 is 18.6 Å². The fraction of sp³-hybridized carbons (Fsp3) is 0.260. The van der Waals surface area contributed by atoms with Crippen molar-refractivity contribution >= 4 is 99.6 Å². The summed E-state index contributed by atoms with van der Waals surface area (Å²) in [5.41, 5.74) is 30.0. The standard InChI is InChI=1S/C127H124N4O2/c1-13-17-37-81-128-109-73-57-85-41-21-25-45-93(85)117(109)123(5,6)113(128)77-69-103-97-49-29-30-50-98(97)104(70-78-114-124(7,8)118-94-46-26-22-42-86(94)58-74-110(118)129(114)82-38-18-14-2)121(103)132-91-65-61-89(62-66-91)127(107-55-35-33-53-101(107)102-54-34-36-56-108(102)127)90-63-67-92(68-64-90)133-122-105(71-79-115-125(9,10)119-95-47-27-23-43-87(95)59-75-111(119)130(115)83-39-19-15-3)99-51-31-32-52-100(99)106(122)72-80-116-126(11,12)120-96-48-28-24-44-88(96)60-76-112(120)131(116)84-40-20-16-4/h21-36,41-80H,13-20,37-40,81-84H2,1-12H3/q+2. The van der Waals surface area contributed by atoms with Crippen LogP contribution < -0.4 is 19.3 Å². The molecule has 4 aliphatic heterocycles. The third kappa shape index (κ3) is 14.4. The second kappa shape index (κ2) is 34.9. The van der Waals surface area contributed by atoms with Gasteiger partial charge in [0.15, 0.2) is 11.4 Å². The Morgan fingerprint density at radius 3 is 0.985 bits per heavy atom. The lowest BCUT2D eigenvalue weighted by molar-refractivity contribution is -0.438. The second-order valence-corrected chi connectivity index (χ2v) is 40.0. The summed E-state index contributed by atoms with van der Waals surface area (Å²) < 4.78 is 21.0. The predicted octanol–water partition coefficient (Wildman–Crippen LogP) is 32.4. The summed E-state index contributed by atoms with van der Waals surface area (Å²) in [6.45, 7) is 32.5. The van der Waals surface area contributed by atoms with Crippen LogP contribution in [-0.2, 0) is 27.1 Å². The van der Waals surface area contributed by atoms with E-state index in [2.05, 4.69) is 442 Å². The van der Waals surface area contributed by atoms with Gasteiger partial charge in [0.25, 0.3) is 0 Å². The molecule has 6 nitrogen and oxygen atoms in total. The molecule has 4 heterocycles. The van der Waals surface area contributed by atoms with Crippen molar-refractivity contribution in [2.75, 3.05) is 36.0 Å². The average molecular weight is 1740 g/mol. The molecule has 7 aliphatic rings. The Bertz CT molecular complexity index is 6920. The van der Waals surface area contributed by atoms with Gasteiger partial charge in [-0.25, -0.2) is 0 Å². The van der Waals surface area contributed by atoms with Crippen molar-refractivity contribution in [2.24, 2.45) is 0 Å². The molecule has 0 saturated carbocycles. The highest BCUT2D eigenvalue weighted by molar-refractivity contribution is 6.13. The molecule has 6 heteroatoms. The summed E-state index contributed by atoms with van der Waals surface area (Å²) in [5, 5.41) is 10.4. The zero-order chi connectivity index (χ0) is 91.1. The van der Waals surface area contributed by atoms with Gasteiger partial charge in [0.1, 0.15) is 36.1 Å². The van der Waals surface area contributed by atoms with Gasteiger partial charge in [-0.3, -0.25) is 0 Å². The smallest absolute Gasteiger partial charge is 0.210 e. The summed E-state index contributed by atoms with van der Waals surface area (Å²) >= 11 is 0. The molecule has 0 aromatic heterocycles. The fourth-order valence-electron chi connectivity index (χ4n) is 24.2. The van der Waals surface area contributed by atoms with Crippen LogP contribution in [0.5, 0.6) is 11.5 Å². The van der Waals surface area contributed by atoms with Crippen molar-refractivity contribution in [3.05, 3.63) is 429 Å². The van der Waals surface area contributed by atoms with E-state index in [0.29, 0.717) is 0 Å². The van der Waals surface area contributed by atoms with Crippen LogP contribution in [0.1, 0.15) is 227 Å². The Kier molecular flexibility index (Phi) is 22.7.